The van der Waals surface area contributed by atoms with Crippen LogP contribution in [-0.4, -0.2) is 5.78 Å². The van der Waals surface area contributed by atoms with Gasteiger partial charge in [0.2, 0.25) is 0 Å². The maximum atomic E-state index is 11.8. The molecule has 0 saturated heterocycles. The summed E-state index contributed by atoms with van der Waals surface area (Å²) in [5.41, 5.74) is 3.20. The van der Waals surface area contributed by atoms with Crippen molar-refractivity contribution < 1.29 is 4.79 Å². The van der Waals surface area contributed by atoms with Crippen LogP contribution in [0, 0.1) is 12.3 Å². The maximum absolute atomic E-state index is 11.8. The second-order valence-electron chi connectivity index (χ2n) is 4.55. The van der Waals surface area contributed by atoms with Crippen molar-refractivity contribution in [3.8, 4) is 0 Å². The lowest BCUT2D eigenvalue weighted by atomic mass is 9.89. The van der Waals surface area contributed by atoms with Gasteiger partial charge in [0.25, 0.3) is 0 Å². The molecule has 1 aromatic carbocycles. The molecule has 0 radical (unpaired) electrons. The van der Waals surface area contributed by atoms with E-state index in [2.05, 4.69) is 13.0 Å². The molecule has 1 aliphatic rings. The minimum absolute atomic E-state index is 0.184. The average Bonchev–Trinajstić information content (AvgIpc) is 2.22. The summed E-state index contributed by atoms with van der Waals surface area (Å²) in [5.74, 6) is 0.294. The van der Waals surface area contributed by atoms with Gasteiger partial charge < -0.3 is 0 Å². The molecule has 0 saturated carbocycles. The summed E-state index contributed by atoms with van der Waals surface area (Å²) in [4.78, 5) is 11.8. The summed E-state index contributed by atoms with van der Waals surface area (Å²) in [6.07, 6.45) is 0.892. The minimum atomic E-state index is -0.184. The van der Waals surface area contributed by atoms with Crippen LogP contribution in [0.2, 0.25) is 0 Å². The largest absolute Gasteiger partial charge is 0.294 e. The van der Waals surface area contributed by atoms with E-state index in [1.807, 2.05) is 26.0 Å². The van der Waals surface area contributed by atoms with Crippen molar-refractivity contribution >= 4 is 5.78 Å². The van der Waals surface area contributed by atoms with E-state index in [0.29, 0.717) is 5.78 Å². The van der Waals surface area contributed by atoms with Crippen molar-refractivity contribution in [2.24, 2.45) is 5.41 Å². The van der Waals surface area contributed by atoms with Crippen LogP contribution in [0.25, 0.3) is 0 Å². The number of carbonyl (C=O) groups is 1. The molecule has 0 spiro atoms. The third-order valence-corrected chi connectivity index (χ3v) is 2.75. The van der Waals surface area contributed by atoms with Gasteiger partial charge in [-0.15, -0.1) is 0 Å². The van der Waals surface area contributed by atoms with Crippen LogP contribution in [-0.2, 0) is 6.42 Å². The van der Waals surface area contributed by atoms with Crippen molar-refractivity contribution in [3.63, 3.8) is 0 Å². The zero-order chi connectivity index (χ0) is 9.64. The third-order valence-electron chi connectivity index (χ3n) is 2.75. The van der Waals surface area contributed by atoms with E-state index < -0.39 is 0 Å². The van der Waals surface area contributed by atoms with Crippen LogP contribution in [0.1, 0.15) is 35.3 Å². The van der Waals surface area contributed by atoms with E-state index in [1.165, 1.54) is 11.1 Å². The van der Waals surface area contributed by atoms with Crippen molar-refractivity contribution in [2.75, 3.05) is 0 Å². The van der Waals surface area contributed by atoms with E-state index in [0.717, 1.165) is 12.0 Å². The number of hydrogen-bond donors (Lipinski definition) is 0. The first kappa shape index (κ1) is 8.49. The maximum Gasteiger partial charge on any atom is 0.169 e. The van der Waals surface area contributed by atoms with E-state index in [1.54, 1.807) is 0 Å². The Labute approximate surface area is 78.8 Å². The minimum Gasteiger partial charge on any atom is -0.294 e. The first-order valence-corrected chi connectivity index (χ1v) is 4.65. The Morgan fingerprint density at radius 3 is 2.69 bits per heavy atom. The molecule has 0 fully saturated rings. The lowest BCUT2D eigenvalue weighted by Gasteiger charge is -2.12. The molecule has 1 aliphatic carbocycles. The van der Waals surface area contributed by atoms with Gasteiger partial charge in [0.05, 0.1) is 0 Å². The highest BCUT2D eigenvalue weighted by atomic mass is 16.1. The molecule has 0 bridgehead atoms. The summed E-state index contributed by atoms with van der Waals surface area (Å²) in [6, 6.07) is 6.10. The molecule has 0 unspecified atom stereocenters. The monoisotopic (exact) mass is 174 g/mol. The van der Waals surface area contributed by atoms with Gasteiger partial charge in [-0.1, -0.05) is 37.6 Å². The molecular weight excluding hydrogens is 160 g/mol. The van der Waals surface area contributed by atoms with Crippen molar-refractivity contribution in [1.82, 2.24) is 0 Å². The molecule has 13 heavy (non-hydrogen) atoms. The zero-order valence-corrected chi connectivity index (χ0v) is 8.35. The van der Waals surface area contributed by atoms with Crippen LogP contribution in [0.4, 0.5) is 0 Å². The van der Waals surface area contributed by atoms with Gasteiger partial charge in [0.15, 0.2) is 5.78 Å². The van der Waals surface area contributed by atoms with Gasteiger partial charge in [-0.3, -0.25) is 4.79 Å². The van der Waals surface area contributed by atoms with Crippen LogP contribution < -0.4 is 0 Å². The summed E-state index contributed by atoms with van der Waals surface area (Å²) in [6.45, 7) is 6.10. The standard InChI is InChI=1S/C12H14O/c1-8-4-5-10-9(6-8)7-12(2,3)11(10)13/h4-6H,7H2,1-3H3. The molecule has 0 N–H and O–H groups in total. The molecule has 0 aromatic heterocycles. The molecule has 0 atom stereocenters. The Kier molecular flexibility index (Phi) is 1.59. The fourth-order valence-corrected chi connectivity index (χ4v) is 2.01. The number of ketones is 1. The molecule has 1 nitrogen and oxygen atoms in total. The third kappa shape index (κ3) is 1.19. The van der Waals surface area contributed by atoms with Gasteiger partial charge in [-0.05, 0) is 18.9 Å². The number of rotatable bonds is 0. The Morgan fingerprint density at radius 2 is 2.00 bits per heavy atom. The van der Waals surface area contributed by atoms with E-state index in [4.69, 9.17) is 0 Å². The summed E-state index contributed by atoms with van der Waals surface area (Å²) in [7, 11) is 0. The Balaban J connectivity index is 2.57. The number of hydrogen-bond acceptors (Lipinski definition) is 1. The molecule has 0 amide bonds. The number of aryl methyl sites for hydroxylation is 1. The molecule has 0 aliphatic heterocycles. The predicted molar refractivity (Wildman–Crippen MR) is 53.0 cm³/mol. The van der Waals surface area contributed by atoms with Gasteiger partial charge >= 0.3 is 0 Å². The smallest absolute Gasteiger partial charge is 0.169 e. The molecular formula is C12H14O. The van der Waals surface area contributed by atoms with Crippen LogP contribution in [0.5, 0.6) is 0 Å². The highest BCUT2D eigenvalue weighted by Crippen LogP contribution is 2.36. The number of carbonyl (C=O) groups excluding carboxylic acids is 1. The predicted octanol–water partition coefficient (Wildman–Crippen LogP) is 2.76. The SMILES string of the molecule is Cc1ccc2c(c1)CC(C)(C)C2=O. The van der Waals surface area contributed by atoms with Crippen molar-refractivity contribution in [1.29, 1.82) is 0 Å². The number of Topliss-reactive ketones (excluding diaryl/α,β-unsaturated/α-hetero) is 1. The molecule has 0 heterocycles. The number of benzene rings is 1. The second-order valence-corrected chi connectivity index (χ2v) is 4.55. The van der Waals surface area contributed by atoms with E-state index in [9.17, 15) is 4.79 Å². The highest BCUT2D eigenvalue weighted by molar-refractivity contribution is 6.04. The fraction of sp³-hybridized carbons (Fsp3) is 0.417. The average molecular weight is 174 g/mol. The Bertz CT molecular complexity index is 375. The molecule has 1 heteroatoms. The van der Waals surface area contributed by atoms with Crippen LogP contribution >= 0.6 is 0 Å². The fourth-order valence-electron chi connectivity index (χ4n) is 2.01. The molecule has 1 aromatic rings. The molecule has 2 rings (SSSR count). The highest BCUT2D eigenvalue weighted by Gasteiger charge is 2.36. The summed E-state index contributed by atoms with van der Waals surface area (Å²) >= 11 is 0. The van der Waals surface area contributed by atoms with Gasteiger partial charge in [-0.25, -0.2) is 0 Å². The van der Waals surface area contributed by atoms with Crippen LogP contribution in [0.15, 0.2) is 18.2 Å². The Morgan fingerprint density at radius 1 is 1.31 bits per heavy atom. The summed E-state index contributed by atoms with van der Waals surface area (Å²) < 4.78 is 0. The lowest BCUT2D eigenvalue weighted by Crippen LogP contribution is -2.18. The zero-order valence-electron chi connectivity index (χ0n) is 8.35. The van der Waals surface area contributed by atoms with Crippen LogP contribution in [0.3, 0.4) is 0 Å². The molecule has 68 valence electrons. The van der Waals surface area contributed by atoms with Gasteiger partial charge in [0, 0.05) is 11.0 Å². The first-order chi connectivity index (χ1) is 6.00. The summed E-state index contributed by atoms with van der Waals surface area (Å²) in [5, 5.41) is 0. The topological polar surface area (TPSA) is 17.1 Å². The van der Waals surface area contributed by atoms with E-state index in [-0.39, 0.29) is 5.41 Å². The van der Waals surface area contributed by atoms with Gasteiger partial charge in [-0.2, -0.15) is 0 Å². The normalized spacial score (nSPS) is 18.8. The Hall–Kier alpha value is -1.11. The first-order valence-electron chi connectivity index (χ1n) is 4.65. The lowest BCUT2D eigenvalue weighted by molar-refractivity contribution is 0.0863. The van der Waals surface area contributed by atoms with Gasteiger partial charge in [0.1, 0.15) is 0 Å². The second kappa shape index (κ2) is 2.44. The van der Waals surface area contributed by atoms with Crippen molar-refractivity contribution in [2.45, 2.75) is 27.2 Å². The van der Waals surface area contributed by atoms with E-state index >= 15 is 0 Å². The number of fused-ring (bicyclic) bond motifs is 1. The quantitative estimate of drug-likeness (QED) is 0.591. The van der Waals surface area contributed by atoms with Crippen molar-refractivity contribution in [3.05, 3.63) is 34.9 Å².